The van der Waals surface area contributed by atoms with E-state index in [9.17, 15) is 8.78 Å². The fourth-order valence-electron chi connectivity index (χ4n) is 0.740. The van der Waals surface area contributed by atoms with Crippen molar-refractivity contribution in [3.63, 3.8) is 0 Å². The van der Waals surface area contributed by atoms with Gasteiger partial charge in [0.1, 0.15) is 0 Å². The van der Waals surface area contributed by atoms with Crippen molar-refractivity contribution in [3.05, 3.63) is 27.1 Å². The molecule has 0 atom stereocenters. The summed E-state index contributed by atoms with van der Waals surface area (Å²) < 4.78 is 25.0. The Bertz CT molecular complexity index is 280. The minimum atomic E-state index is -2.46. The lowest BCUT2D eigenvalue weighted by Crippen LogP contribution is -1.94. The zero-order chi connectivity index (χ0) is 9.14. The molecule has 1 aromatic heterocycles. The summed E-state index contributed by atoms with van der Waals surface area (Å²) in [6.07, 6.45) is -1.05. The predicted molar refractivity (Wildman–Crippen MR) is 51.5 cm³/mol. The SMILES string of the molecule is FC(F)c1cc(CCl)ncc1I. The Morgan fingerprint density at radius 2 is 2.25 bits per heavy atom. The molecular weight excluding hydrogens is 298 g/mol. The molecule has 0 aliphatic carbocycles. The van der Waals surface area contributed by atoms with Gasteiger partial charge in [0.25, 0.3) is 6.43 Å². The molecule has 1 heterocycles. The summed E-state index contributed by atoms with van der Waals surface area (Å²) >= 11 is 7.27. The quantitative estimate of drug-likeness (QED) is 0.603. The second kappa shape index (κ2) is 4.32. The highest BCUT2D eigenvalue weighted by Crippen LogP contribution is 2.24. The Morgan fingerprint density at radius 1 is 1.58 bits per heavy atom. The Balaban J connectivity index is 3.08. The van der Waals surface area contributed by atoms with E-state index in [0.29, 0.717) is 9.26 Å². The second-order valence-electron chi connectivity index (χ2n) is 2.13. The zero-order valence-electron chi connectivity index (χ0n) is 5.90. The molecule has 0 saturated heterocycles. The number of halogens is 4. The molecule has 5 heteroatoms. The number of pyridine rings is 1. The summed E-state index contributed by atoms with van der Waals surface area (Å²) in [7, 11) is 0. The van der Waals surface area contributed by atoms with E-state index in [-0.39, 0.29) is 11.4 Å². The Hall–Kier alpha value is 0.0300. The summed E-state index contributed by atoms with van der Waals surface area (Å²) in [5.41, 5.74) is 0.480. The molecule has 12 heavy (non-hydrogen) atoms. The highest BCUT2D eigenvalue weighted by molar-refractivity contribution is 14.1. The highest BCUT2D eigenvalue weighted by atomic mass is 127. The van der Waals surface area contributed by atoms with Gasteiger partial charge in [-0.2, -0.15) is 0 Å². The van der Waals surface area contributed by atoms with Crippen LogP contribution in [0.2, 0.25) is 0 Å². The number of hydrogen-bond donors (Lipinski definition) is 0. The maximum absolute atomic E-state index is 12.3. The molecule has 0 spiro atoms. The lowest BCUT2D eigenvalue weighted by molar-refractivity contribution is 0.150. The molecule has 0 aliphatic rings. The standard InChI is InChI=1S/C7H5ClF2IN/c8-2-4-1-5(7(9)10)6(11)3-12-4/h1,3,7H,2H2. The monoisotopic (exact) mass is 303 g/mol. The molecule has 0 radical (unpaired) electrons. The van der Waals surface area contributed by atoms with Crippen molar-refractivity contribution in [1.82, 2.24) is 4.98 Å². The van der Waals surface area contributed by atoms with Gasteiger partial charge in [0, 0.05) is 15.3 Å². The second-order valence-corrected chi connectivity index (χ2v) is 3.56. The summed E-state index contributed by atoms with van der Waals surface area (Å²) in [4.78, 5) is 3.87. The molecule has 1 rings (SSSR count). The van der Waals surface area contributed by atoms with Crippen molar-refractivity contribution in [2.24, 2.45) is 0 Å². The minimum absolute atomic E-state index is 0.00116. The van der Waals surface area contributed by atoms with Crippen LogP contribution in [0.15, 0.2) is 12.3 Å². The molecule has 1 aromatic rings. The van der Waals surface area contributed by atoms with Crippen molar-refractivity contribution in [2.45, 2.75) is 12.3 Å². The van der Waals surface area contributed by atoms with Crippen LogP contribution in [0.25, 0.3) is 0 Å². The summed E-state index contributed by atoms with van der Waals surface area (Å²) in [5.74, 6) is 0.163. The first-order chi connectivity index (χ1) is 5.65. The third kappa shape index (κ3) is 2.26. The van der Waals surface area contributed by atoms with E-state index in [1.165, 1.54) is 12.3 Å². The molecule has 0 fully saturated rings. The van der Waals surface area contributed by atoms with Gasteiger partial charge in [0.2, 0.25) is 0 Å². The maximum atomic E-state index is 12.3. The first kappa shape index (κ1) is 10.1. The van der Waals surface area contributed by atoms with Crippen LogP contribution in [-0.4, -0.2) is 4.98 Å². The molecule has 0 saturated carbocycles. The molecule has 0 amide bonds. The van der Waals surface area contributed by atoms with E-state index >= 15 is 0 Å². The van der Waals surface area contributed by atoms with E-state index in [4.69, 9.17) is 11.6 Å². The predicted octanol–water partition coefficient (Wildman–Crippen LogP) is 3.36. The van der Waals surface area contributed by atoms with E-state index in [0.717, 1.165) is 0 Å². The topological polar surface area (TPSA) is 12.9 Å². The van der Waals surface area contributed by atoms with E-state index < -0.39 is 6.43 Å². The van der Waals surface area contributed by atoms with Crippen molar-refractivity contribution >= 4 is 34.2 Å². The van der Waals surface area contributed by atoms with Crippen LogP contribution in [0.4, 0.5) is 8.78 Å². The fraction of sp³-hybridized carbons (Fsp3) is 0.286. The van der Waals surface area contributed by atoms with Crippen LogP contribution in [0.1, 0.15) is 17.7 Å². The van der Waals surface area contributed by atoms with Gasteiger partial charge in [-0.3, -0.25) is 4.98 Å². The fourth-order valence-corrected chi connectivity index (χ4v) is 1.42. The number of aromatic nitrogens is 1. The van der Waals surface area contributed by atoms with Crippen LogP contribution in [0, 0.1) is 3.57 Å². The van der Waals surface area contributed by atoms with Crippen LogP contribution < -0.4 is 0 Å². The Kier molecular flexibility index (Phi) is 3.64. The number of rotatable bonds is 2. The normalized spacial score (nSPS) is 10.8. The van der Waals surface area contributed by atoms with Crippen molar-refractivity contribution in [3.8, 4) is 0 Å². The van der Waals surface area contributed by atoms with E-state index in [1.807, 2.05) is 22.6 Å². The van der Waals surface area contributed by atoms with Gasteiger partial charge in [-0.25, -0.2) is 8.78 Å². The van der Waals surface area contributed by atoms with Crippen molar-refractivity contribution in [2.75, 3.05) is 0 Å². The minimum Gasteiger partial charge on any atom is -0.259 e. The average molecular weight is 303 g/mol. The molecular formula is C7H5ClF2IN. The smallest absolute Gasteiger partial charge is 0.259 e. The highest BCUT2D eigenvalue weighted by Gasteiger charge is 2.12. The lowest BCUT2D eigenvalue weighted by Gasteiger charge is -2.03. The molecule has 0 N–H and O–H groups in total. The molecule has 0 aliphatic heterocycles. The average Bonchev–Trinajstić information content (AvgIpc) is 2.05. The largest absolute Gasteiger partial charge is 0.264 e. The first-order valence-corrected chi connectivity index (χ1v) is 4.75. The number of nitrogens with zero attached hydrogens (tertiary/aromatic N) is 1. The van der Waals surface area contributed by atoms with Crippen molar-refractivity contribution in [1.29, 1.82) is 0 Å². The van der Waals surface area contributed by atoms with Gasteiger partial charge >= 0.3 is 0 Å². The van der Waals surface area contributed by atoms with Crippen LogP contribution in [0.3, 0.4) is 0 Å². The van der Waals surface area contributed by atoms with Gasteiger partial charge in [0.15, 0.2) is 0 Å². The molecule has 66 valence electrons. The van der Waals surface area contributed by atoms with Gasteiger partial charge in [-0.05, 0) is 28.7 Å². The van der Waals surface area contributed by atoms with Gasteiger partial charge < -0.3 is 0 Å². The van der Waals surface area contributed by atoms with Gasteiger partial charge in [0.05, 0.1) is 11.6 Å². The van der Waals surface area contributed by atoms with Crippen LogP contribution in [-0.2, 0) is 5.88 Å². The lowest BCUT2D eigenvalue weighted by atomic mass is 10.2. The molecule has 0 unspecified atom stereocenters. The summed E-state index contributed by atoms with van der Waals surface area (Å²) in [6.45, 7) is 0. The van der Waals surface area contributed by atoms with Gasteiger partial charge in [-0.1, -0.05) is 0 Å². The maximum Gasteiger partial charge on any atom is 0.264 e. The van der Waals surface area contributed by atoms with Crippen LogP contribution >= 0.6 is 34.2 Å². The first-order valence-electron chi connectivity index (χ1n) is 3.13. The Labute approximate surface area is 87.3 Å². The molecule has 0 aromatic carbocycles. The molecule has 0 bridgehead atoms. The number of alkyl halides is 3. The number of hydrogen-bond acceptors (Lipinski definition) is 1. The molecule has 1 nitrogen and oxygen atoms in total. The van der Waals surface area contributed by atoms with E-state index in [1.54, 1.807) is 0 Å². The van der Waals surface area contributed by atoms with Crippen LogP contribution in [0.5, 0.6) is 0 Å². The van der Waals surface area contributed by atoms with E-state index in [2.05, 4.69) is 4.98 Å². The van der Waals surface area contributed by atoms with Gasteiger partial charge in [-0.15, -0.1) is 11.6 Å². The third-order valence-electron chi connectivity index (χ3n) is 1.31. The third-order valence-corrected chi connectivity index (χ3v) is 2.49. The Morgan fingerprint density at radius 3 is 2.75 bits per heavy atom. The van der Waals surface area contributed by atoms with Crippen molar-refractivity contribution < 1.29 is 8.78 Å². The summed E-state index contributed by atoms with van der Waals surface area (Å²) in [5, 5.41) is 0. The zero-order valence-corrected chi connectivity index (χ0v) is 8.81. The summed E-state index contributed by atoms with van der Waals surface area (Å²) in [6, 6.07) is 1.33.